The molecule has 0 atom stereocenters. The number of hydrogen-bond donors (Lipinski definition) is 3. The van der Waals surface area contributed by atoms with E-state index in [-0.39, 0.29) is 19.2 Å². The van der Waals surface area contributed by atoms with Gasteiger partial charge < -0.3 is 20.9 Å². The quantitative estimate of drug-likeness (QED) is 0.733. The first-order valence-electron chi connectivity index (χ1n) is 5.47. The number of anilines is 3. The van der Waals surface area contributed by atoms with Gasteiger partial charge in [0, 0.05) is 18.0 Å². The summed E-state index contributed by atoms with van der Waals surface area (Å²) < 4.78 is 5.31. The molecular weight excluding hydrogens is 232 g/mol. The third-order valence-electron chi connectivity index (χ3n) is 2.14. The second kappa shape index (κ2) is 5.83. The summed E-state index contributed by atoms with van der Waals surface area (Å²) in [5.74, 6) is 1.51. The fourth-order valence-electron chi connectivity index (χ4n) is 1.42. The Morgan fingerprint density at radius 1 is 1.33 bits per heavy atom. The van der Waals surface area contributed by atoms with Crippen molar-refractivity contribution in [1.82, 2.24) is 9.97 Å². The van der Waals surface area contributed by atoms with Crippen molar-refractivity contribution in [2.24, 2.45) is 0 Å². The normalized spacial score (nSPS) is 10.1. The van der Waals surface area contributed by atoms with E-state index in [1.54, 1.807) is 12.3 Å². The van der Waals surface area contributed by atoms with Crippen molar-refractivity contribution in [1.29, 1.82) is 0 Å². The van der Waals surface area contributed by atoms with Gasteiger partial charge in [0.25, 0.3) is 0 Å². The third-order valence-corrected chi connectivity index (χ3v) is 2.14. The second-order valence-corrected chi connectivity index (χ2v) is 3.52. The molecule has 4 N–H and O–H groups in total. The van der Waals surface area contributed by atoms with Crippen LogP contribution < -0.4 is 15.8 Å². The molecule has 0 aliphatic carbocycles. The van der Waals surface area contributed by atoms with Crippen LogP contribution in [-0.4, -0.2) is 28.3 Å². The number of nitrogen functional groups attached to an aromatic ring is 1. The van der Waals surface area contributed by atoms with Gasteiger partial charge in [-0.1, -0.05) is 6.07 Å². The maximum absolute atomic E-state index is 8.69. The highest BCUT2D eigenvalue weighted by atomic mass is 16.5. The molecule has 0 amide bonds. The molecule has 0 fully saturated rings. The fourth-order valence-corrected chi connectivity index (χ4v) is 1.42. The first-order valence-corrected chi connectivity index (χ1v) is 5.47. The minimum absolute atomic E-state index is 0.0138. The molecule has 0 aliphatic heterocycles. The molecule has 1 aromatic carbocycles. The lowest BCUT2D eigenvalue weighted by atomic mass is 10.3. The van der Waals surface area contributed by atoms with E-state index in [1.807, 2.05) is 24.3 Å². The first-order chi connectivity index (χ1) is 8.78. The van der Waals surface area contributed by atoms with Gasteiger partial charge in [-0.25, -0.2) is 4.98 Å². The molecule has 18 heavy (non-hydrogen) atoms. The van der Waals surface area contributed by atoms with Crippen LogP contribution in [0.15, 0.2) is 36.5 Å². The van der Waals surface area contributed by atoms with Crippen molar-refractivity contribution >= 4 is 17.5 Å². The largest absolute Gasteiger partial charge is 0.491 e. The monoisotopic (exact) mass is 246 g/mol. The smallest absolute Gasteiger partial charge is 0.221 e. The number of ether oxygens (including phenoxy) is 1. The molecule has 6 nitrogen and oxygen atoms in total. The zero-order valence-corrected chi connectivity index (χ0v) is 9.71. The summed E-state index contributed by atoms with van der Waals surface area (Å²) in [6.07, 6.45) is 1.58. The van der Waals surface area contributed by atoms with Crippen molar-refractivity contribution in [2.75, 3.05) is 24.3 Å². The Hall–Kier alpha value is -2.34. The Labute approximate surface area is 104 Å². The number of benzene rings is 1. The standard InChI is InChI=1S/C12H14N4O2/c13-12-14-5-4-11(16-12)15-9-2-1-3-10(8-9)18-7-6-17/h1-5,8,17H,6-7H2,(H3,13,14,15,16). The van der Waals surface area contributed by atoms with Crippen LogP contribution >= 0.6 is 0 Å². The summed E-state index contributed by atoms with van der Waals surface area (Å²) in [5, 5.41) is 11.8. The lowest BCUT2D eigenvalue weighted by molar-refractivity contribution is 0.201. The topological polar surface area (TPSA) is 93.3 Å². The third kappa shape index (κ3) is 3.33. The molecule has 1 aromatic heterocycles. The molecule has 6 heteroatoms. The lowest BCUT2D eigenvalue weighted by Crippen LogP contribution is -2.02. The van der Waals surface area contributed by atoms with Crippen molar-refractivity contribution in [3.05, 3.63) is 36.5 Å². The summed E-state index contributed by atoms with van der Waals surface area (Å²) in [4.78, 5) is 7.85. The molecule has 0 saturated carbocycles. The SMILES string of the molecule is Nc1nccc(Nc2cccc(OCCO)c2)n1. The fraction of sp³-hybridized carbons (Fsp3) is 0.167. The summed E-state index contributed by atoms with van der Waals surface area (Å²) in [6.45, 7) is 0.254. The van der Waals surface area contributed by atoms with E-state index in [9.17, 15) is 0 Å². The molecule has 2 aromatic rings. The Bertz CT molecular complexity index is 519. The van der Waals surface area contributed by atoms with Crippen LogP contribution in [0.4, 0.5) is 17.5 Å². The van der Waals surface area contributed by atoms with E-state index in [2.05, 4.69) is 15.3 Å². The highest BCUT2D eigenvalue weighted by molar-refractivity contribution is 5.58. The predicted octanol–water partition coefficient (Wildman–Crippen LogP) is 1.17. The molecule has 94 valence electrons. The summed E-state index contributed by atoms with van der Waals surface area (Å²) in [6, 6.07) is 9.07. The van der Waals surface area contributed by atoms with E-state index < -0.39 is 0 Å². The number of rotatable bonds is 5. The number of nitrogens with one attached hydrogen (secondary N) is 1. The number of hydrogen-bond acceptors (Lipinski definition) is 6. The molecule has 0 bridgehead atoms. The molecule has 2 rings (SSSR count). The van der Waals surface area contributed by atoms with E-state index in [0.29, 0.717) is 11.6 Å². The van der Waals surface area contributed by atoms with Crippen molar-refractivity contribution in [3.63, 3.8) is 0 Å². The van der Waals surface area contributed by atoms with Gasteiger partial charge in [-0.2, -0.15) is 4.98 Å². The highest BCUT2D eigenvalue weighted by Gasteiger charge is 1.99. The summed E-state index contributed by atoms with van der Waals surface area (Å²) in [5.41, 5.74) is 6.32. The van der Waals surface area contributed by atoms with Crippen LogP contribution in [0.1, 0.15) is 0 Å². The van der Waals surface area contributed by atoms with Gasteiger partial charge in [0.1, 0.15) is 18.2 Å². The molecule has 0 radical (unpaired) electrons. The van der Waals surface area contributed by atoms with E-state index >= 15 is 0 Å². The van der Waals surface area contributed by atoms with Gasteiger partial charge in [0.15, 0.2) is 0 Å². The van der Waals surface area contributed by atoms with Gasteiger partial charge in [-0.05, 0) is 18.2 Å². The zero-order valence-electron chi connectivity index (χ0n) is 9.71. The van der Waals surface area contributed by atoms with Gasteiger partial charge >= 0.3 is 0 Å². The number of nitrogens with two attached hydrogens (primary N) is 1. The lowest BCUT2D eigenvalue weighted by Gasteiger charge is -2.08. The maximum atomic E-state index is 8.69. The molecule has 1 heterocycles. The molecule has 0 aliphatic rings. The Morgan fingerprint density at radius 3 is 3.00 bits per heavy atom. The van der Waals surface area contributed by atoms with Crippen LogP contribution in [-0.2, 0) is 0 Å². The second-order valence-electron chi connectivity index (χ2n) is 3.52. The number of aliphatic hydroxyl groups excluding tert-OH is 1. The summed E-state index contributed by atoms with van der Waals surface area (Å²) >= 11 is 0. The van der Waals surface area contributed by atoms with Gasteiger partial charge in [-0.3, -0.25) is 0 Å². The van der Waals surface area contributed by atoms with E-state index in [4.69, 9.17) is 15.6 Å². The maximum Gasteiger partial charge on any atom is 0.221 e. The van der Waals surface area contributed by atoms with Crippen molar-refractivity contribution in [2.45, 2.75) is 0 Å². The van der Waals surface area contributed by atoms with Crippen LogP contribution in [0.3, 0.4) is 0 Å². The van der Waals surface area contributed by atoms with Crippen LogP contribution in [0.25, 0.3) is 0 Å². The first kappa shape index (κ1) is 12.1. The van der Waals surface area contributed by atoms with E-state index in [1.165, 1.54) is 0 Å². The van der Waals surface area contributed by atoms with Crippen LogP contribution in [0.2, 0.25) is 0 Å². The Morgan fingerprint density at radius 2 is 2.22 bits per heavy atom. The van der Waals surface area contributed by atoms with Gasteiger partial charge in [0.2, 0.25) is 5.95 Å². The summed E-state index contributed by atoms with van der Waals surface area (Å²) in [7, 11) is 0. The van der Waals surface area contributed by atoms with Crippen molar-refractivity contribution < 1.29 is 9.84 Å². The minimum atomic E-state index is -0.0138. The van der Waals surface area contributed by atoms with Crippen LogP contribution in [0, 0.1) is 0 Å². The predicted molar refractivity (Wildman–Crippen MR) is 68.7 cm³/mol. The number of nitrogens with zero attached hydrogens (tertiary/aromatic N) is 2. The Balaban J connectivity index is 2.09. The average Bonchev–Trinajstić information content (AvgIpc) is 2.37. The number of aromatic nitrogens is 2. The van der Waals surface area contributed by atoms with Gasteiger partial charge in [0.05, 0.1) is 6.61 Å². The van der Waals surface area contributed by atoms with E-state index in [0.717, 1.165) is 5.69 Å². The molecule has 0 unspecified atom stereocenters. The van der Waals surface area contributed by atoms with Crippen molar-refractivity contribution in [3.8, 4) is 5.75 Å². The molecule has 0 saturated heterocycles. The average molecular weight is 246 g/mol. The van der Waals surface area contributed by atoms with Crippen LogP contribution in [0.5, 0.6) is 5.75 Å². The zero-order chi connectivity index (χ0) is 12.8. The Kier molecular flexibility index (Phi) is 3.93. The number of aliphatic hydroxyl groups is 1. The molecular formula is C12H14N4O2. The van der Waals surface area contributed by atoms with Gasteiger partial charge in [-0.15, -0.1) is 0 Å². The molecule has 0 spiro atoms. The highest BCUT2D eigenvalue weighted by Crippen LogP contribution is 2.20. The minimum Gasteiger partial charge on any atom is -0.491 e.